The smallest absolute Gasteiger partial charge is 0.277 e. The molecule has 1 fully saturated rings. The molecule has 1 unspecified atom stereocenters. The predicted molar refractivity (Wildman–Crippen MR) is 108 cm³/mol. The van der Waals surface area contributed by atoms with Gasteiger partial charge >= 0.3 is 0 Å². The number of thiazole rings is 1. The minimum atomic E-state index is -0.773. The monoisotopic (exact) mass is 419 g/mol. The summed E-state index contributed by atoms with van der Waals surface area (Å²) in [5, 5.41) is 7.01. The van der Waals surface area contributed by atoms with Crippen LogP contribution in [-0.4, -0.2) is 39.8 Å². The van der Waals surface area contributed by atoms with Gasteiger partial charge in [-0.3, -0.25) is 9.48 Å². The van der Waals surface area contributed by atoms with Crippen molar-refractivity contribution in [2.24, 2.45) is 12.8 Å². The molecule has 1 aliphatic heterocycles. The molecule has 0 radical (unpaired) electrons. The number of halogens is 2. The molecule has 152 valence electrons. The quantitative estimate of drug-likeness (QED) is 0.597. The zero-order chi connectivity index (χ0) is 20.7. The molecule has 1 saturated heterocycles. The molecular weight excluding hydrogens is 400 g/mol. The molecule has 1 amide bonds. The fourth-order valence-corrected chi connectivity index (χ4v) is 4.24. The number of carbonyl (C=O) groups excluding carboxylic acids is 1. The van der Waals surface area contributed by atoms with Crippen LogP contribution < -0.4 is 21.7 Å². The van der Waals surface area contributed by atoms with Crippen LogP contribution in [0.1, 0.15) is 16.9 Å². The number of hydrogen-bond acceptors (Lipinski definition) is 7. The minimum absolute atomic E-state index is 0.000164. The summed E-state index contributed by atoms with van der Waals surface area (Å²) in [7, 11) is 1.77. The van der Waals surface area contributed by atoms with Gasteiger partial charge in [0.1, 0.15) is 27.3 Å². The summed E-state index contributed by atoms with van der Waals surface area (Å²) in [6, 6.07) is 3.56. The van der Waals surface area contributed by atoms with Crippen LogP contribution >= 0.6 is 11.3 Å². The summed E-state index contributed by atoms with van der Waals surface area (Å²) in [5.41, 5.74) is 12.0. The third-order valence-corrected chi connectivity index (χ3v) is 5.63. The van der Waals surface area contributed by atoms with Gasteiger partial charge in [0.2, 0.25) is 0 Å². The van der Waals surface area contributed by atoms with Crippen molar-refractivity contribution in [1.82, 2.24) is 14.8 Å². The molecule has 11 heteroatoms. The lowest BCUT2D eigenvalue weighted by atomic mass is 10.2. The maximum Gasteiger partial charge on any atom is 0.277 e. The Morgan fingerprint density at radius 2 is 2.07 bits per heavy atom. The average molecular weight is 419 g/mol. The summed E-state index contributed by atoms with van der Waals surface area (Å²) < 4.78 is 29.7. The van der Waals surface area contributed by atoms with E-state index in [-0.39, 0.29) is 27.3 Å². The second-order valence-corrected chi connectivity index (χ2v) is 7.81. The molecule has 0 aliphatic carbocycles. The van der Waals surface area contributed by atoms with Gasteiger partial charge in [0.05, 0.1) is 11.8 Å². The number of nitrogens with one attached hydrogen (secondary N) is 1. The first-order chi connectivity index (χ1) is 13.8. The number of aryl methyl sites for hydroxylation is 1. The van der Waals surface area contributed by atoms with E-state index in [0.29, 0.717) is 12.2 Å². The number of nitrogen functional groups attached to an aromatic ring is 1. The van der Waals surface area contributed by atoms with E-state index in [2.05, 4.69) is 15.4 Å². The van der Waals surface area contributed by atoms with E-state index in [1.807, 2.05) is 4.90 Å². The zero-order valence-electron chi connectivity index (χ0n) is 15.5. The lowest BCUT2D eigenvalue weighted by molar-refractivity contribution is 0.102. The van der Waals surface area contributed by atoms with E-state index in [4.69, 9.17) is 11.5 Å². The number of anilines is 3. The number of amides is 1. The highest BCUT2D eigenvalue weighted by molar-refractivity contribution is 7.19. The Morgan fingerprint density at radius 1 is 1.34 bits per heavy atom. The highest BCUT2D eigenvalue weighted by atomic mass is 32.1. The first-order valence-corrected chi connectivity index (χ1v) is 9.71. The summed E-state index contributed by atoms with van der Waals surface area (Å²) in [6.45, 7) is 1.40. The van der Waals surface area contributed by atoms with Crippen LogP contribution in [0.4, 0.5) is 25.3 Å². The van der Waals surface area contributed by atoms with Crippen molar-refractivity contribution in [2.45, 2.75) is 12.5 Å². The Hall–Kier alpha value is -3.05. The molecule has 3 aromatic rings. The molecule has 8 nitrogen and oxygen atoms in total. The largest absolute Gasteiger partial charge is 0.389 e. The zero-order valence-corrected chi connectivity index (χ0v) is 16.3. The Balaban J connectivity index is 1.62. The molecule has 1 atom stereocenters. The molecule has 0 bridgehead atoms. The SMILES string of the molecule is Cn1ncc(NC(=O)c2nc(-c3c(F)cccc3F)sc2N)c1N1CCC(N)C1. The number of benzene rings is 1. The normalized spacial score (nSPS) is 16.4. The number of rotatable bonds is 4. The molecule has 0 spiro atoms. The maximum atomic E-state index is 14.0. The standard InChI is InChI=1S/C18H19F2N7OS/c1-26-18(27-6-5-9(21)8-27)12(7-23-26)24-16(28)14-15(22)29-17(25-14)13-10(19)3-2-4-11(13)20/h2-4,7,9H,5-6,8,21-22H2,1H3,(H,24,28). The van der Waals surface area contributed by atoms with Crippen molar-refractivity contribution >= 4 is 33.8 Å². The fourth-order valence-electron chi connectivity index (χ4n) is 3.36. The third kappa shape index (κ3) is 3.54. The van der Waals surface area contributed by atoms with Gasteiger partial charge in [-0.05, 0) is 18.6 Å². The maximum absolute atomic E-state index is 14.0. The number of hydrogen-bond donors (Lipinski definition) is 3. The van der Waals surface area contributed by atoms with Crippen molar-refractivity contribution in [3.05, 3.63) is 41.7 Å². The van der Waals surface area contributed by atoms with Gasteiger partial charge in [0.25, 0.3) is 5.91 Å². The van der Waals surface area contributed by atoms with Gasteiger partial charge in [-0.1, -0.05) is 17.4 Å². The van der Waals surface area contributed by atoms with Gasteiger partial charge < -0.3 is 21.7 Å². The topological polar surface area (TPSA) is 115 Å². The predicted octanol–water partition coefficient (Wildman–Crippen LogP) is 2.19. The third-order valence-electron chi connectivity index (χ3n) is 4.72. The van der Waals surface area contributed by atoms with Crippen molar-refractivity contribution in [3.8, 4) is 10.6 Å². The number of carbonyl (C=O) groups is 1. The molecule has 0 saturated carbocycles. The lowest BCUT2D eigenvalue weighted by Gasteiger charge is -2.19. The van der Waals surface area contributed by atoms with E-state index in [1.165, 1.54) is 12.3 Å². The summed E-state index contributed by atoms with van der Waals surface area (Å²) in [4.78, 5) is 18.9. The summed E-state index contributed by atoms with van der Waals surface area (Å²) in [5.74, 6) is -1.41. The van der Waals surface area contributed by atoms with E-state index < -0.39 is 17.5 Å². The van der Waals surface area contributed by atoms with E-state index in [9.17, 15) is 13.6 Å². The van der Waals surface area contributed by atoms with Crippen molar-refractivity contribution in [2.75, 3.05) is 29.0 Å². The summed E-state index contributed by atoms with van der Waals surface area (Å²) in [6.07, 6.45) is 2.37. The van der Waals surface area contributed by atoms with Crippen LogP contribution in [0.5, 0.6) is 0 Å². The van der Waals surface area contributed by atoms with Crippen LogP contribution in [0.25, 0.3) is 10.6 Å². The van der Waals surface area contributed by atoms with Gasteiger partial charge in [0, 0.05) is 26.2 Å². The van der Waals surface area contributed by atoms with Crippen molar-refractivity contribution < 1.29 is 13.6 Å². The lowest BCUT2D eigenvalue weighted by Crippen LogP contribution is -2.28. The molecule has 1 aromatic carbocycles. The number of nitrogens with two attached hydrogens (primary N) is 2. The number of aromatic nitrogens is 3. The van der Waals surface area contributed by atoms with Crippen LogP contribution in [0, 0.1) is 11.6 Å². The molecule has 2 aromatic heterocycles. The van der Waals surface area contributed by atoms with Crippen molar-refractivity contribution in [1.29, 1.82) is 0 Å². The van der Waals surface area contributed by atoms with Gasteiger partial charge in [-0.2, -0.15) is 5.10 Å². The Morgan fingerprint density at radius 3 is 2.72 bits per heavy atom. The Labute approximate surface area is 169 Å². The highest BCUT2D eigenvalue weighted by Gasteiger charge is 2.27. The van der Waals surface area contributed by atoms with Gasteiger partial charge in [-0.25, -0.2) is 13.8 Å². The highest BCUT2D eigenvalue weighted by Crippen LogP contribution is 2.34. The molecule has 3 heterocycles. The fraction of sp³-hybridized carbons (Fsp3) is 0.278. The van der Waals surface area contributed by atoms with Gasteiger partial charge in [-0.15, -0.1) is 0 Å². The minimum Gasteiger partial charge on any atom is -0.389 e. The second-order valence-electron chi connectivity index (χ2n) is 6.78. The van der Waals surface area contributed by atoms with E-state index in [0.717, 1.165) is 42.3 Å². The number of nitrogens with zero attached hydrogens (tertiary/aromatic N) is 4. The van der Waals surface area contributed by atoms with Crippen LogP contribution in [0.3, 0.4) is 0 Å². The summed E-state index contributed by atoms with van der Waals surface area (Å²) >= 11 is 0.848. The van der Waals surface area contributed by atoms with Crippen molar-refractivity contribution in [3.63, 3.8) is 0 Å². The first kappa shape index (κ1) is 19.3. The molecule has 29 heavy (non-hydrogen) atoms. The first-order valence-electron chi connectivity index (χ1n) is 8.89. The van der Waals surface area contributed by atoms with Gasteiger partial charge in [0.15, 0.2) is 11.5 Å². The molecular formula is C18H19F2N7OS. The van der Waals surface area contributed by atoms with Crippen LogP contribution in [-0.2, 0) is 7.05 Å². The Bertz CT molecular complexity index is 1060. The van der Waals surface area contributed by atoms with E-state index >= 15 is 0 Å². The van der Waals surface area contributed by atoms with Crippen LogP contribution in [0.15, 0.2) is 24.4 Å². The molecule has 1 aliphatic rings. The molecule has 4 rings (SSSR count). The van der Waals surface area contributed by atoms with Crippen LogP contribution in [0.2, 0.25) is 0 Å². The Kier molecular flexibility index (Phi) is 4.92. The second kappa shape index (κ2) is 7.41. The van der Waals surface area contributed by atoms with E-state index in [1.54, 1.807) is 11.7 Å². The molecule has 5 N–H and O–H groups in total. The average Bonchev–Trinajstić information content (AvgIpc) is 3.34.